The molecule has 1 fully saturated rings. The summed E-state index contributed by atoms with van der Waals surface area (Å²) in [4.78, 5) is 11.7. The van der Waals surface area contributed by atoms with E-state index in [0.29, 0.717) is 6.42 Å². The van der Waals surface area contributed by atoms with E-state index in [4.69, 9.17) is 5.73 Å². The minimum atomic E-state index is -0.515. The van der Waals surface area contributed by atoms with Crippen molar-refractivity contribution in [3.8, 4) is 0 Å². The topological polar surface area (TPSA) is 55.1 Å². The molecule has 2 atom stereocenters. The maximum atomic E-state index is 13.3. The Hall–Kier alpha value is -1.49. The van der Waals surface area contributed by atoms with Crippen molar-refractivity contribution in [3.05, 3.63) is 35.4 Å². The van der Waals surface area contributed by atoms with Crippen LogP contribution in [0.15, 0.2) is 18.2 Å². The summed E-state index contributed by atoms with van der Waals surface area (Å²) in [5.41, 5.74) is 6.05. The van der Waals surface area contributed by atoms with Crippen molar-refractivity contribution < 1.29 is 13.6 Å². The summed E-state index contributed by atoms with van der Waals surface area (Å²) in [5, 5.41) is 2.61. The standard InChI is InChI=1S/C14H18F2N2O/c15-11-4-5-12(16)10(6-11)8-18-14(19)7-9-2-1-3-13(9)17/h4-6,9,13H,1-3,7-8,17H2,(H,18,19)/t9-,13+/m0/s1. The Morgan fingerprint density at radius 3 is 2.84 bits per heavy atom. The van der Waals surface area contributed by atoms with Crippen LogP contribution in [0.2, 0.25) is 0 Å². The molecule has 0 aliphatic heterocycles. The first-order chi connectivity index (χ1) is 9.06. The fourth-order valence-corrected chi connectivity index (χ4v) is 2.50. The van der Waals surface area contributed by atoms with Gasteiger partial charge in [0.15, 0.2) is 0 Å². The summed E-state index contributed by atoms with van der Waals surface area (Å²) >= 11 is 0. The van der Waals surface area contributed by atoms with Crippen molar-refractivity contribution in [2.24, 2.45) is 11.7 Å². The lowest BCUT2D eigenvalue weighted by Crippen LogP contribution is -2.31. The van der Waals surface area contributed by atoms with E-state index in [-0.39, 0.29) is 30.0 Å². The molecule has 0 unspecified atom stereocenters. The van der Waals surface area contributed by atoms with Crippen molar-refractivity contribution in [2.45, 2.75) is 38.3 Å². The summed E-state index contributed by atoms with van der Waals surface area (Å²) in [6, 6.07) is 3.29. The molecule has 0 aromatic heterocycles. The number of benzene rings is 1. The Bertz CT molecular complexity index is 465. The van der Waals surface area contributed by atoms with Crippen LogP contribution in [0.5, 0.6) is 0 Å². The van der Waals surface area contributed by atoms with Crippen molar-refractivity contribution in [1.29, 1.82) is 0 Å². The Kier molecular flexibility index (Phi) is 4.47. The molecule has 1 aromatic carbocycles. The van der Waals surface area contributed by atoms with Gasteiger partial charge >= 0.3 is 0 Å². The van der Waals surface area contributed by atoms with Crippen molar-refractivity contribution in [3.63, 3.8) is 0 Å². The van der Waals surface area contributed by atoms with Crippen LogP contribution in [0.25, 0.3) is 0 Å². The van der Waals surface area contributed by atoms with Gasteiger partial charge < -0.3 is 11.1 Å². The van der Waals surface area contributed by atoms with Crippen LogP contribution < -0.4 is 11.1 Å². The van der Waals surface area contributed by atoms with Crippen LogP contribution in [-0.4, -0.2) is 11.9 Å². The summed E-state index contributed by atoms with van der Waals surface area (Å²) in [6.07, 6.45) is 3.33. The second-order valence-corrected chi connectivity index (χ2v) is 5.07. The number of rotatable bonds is 4. The highest BCUT2D eigenvalue weighted by molar-refractivity contribution is 5.76. The molecule has 1 saturated carbocycles. The average Bonchev–Trinajstić information content (AvgIpc) is 2.76. The Balaban J connectivity index is 1.84. The van der Waals surface area contributed by atoms with Gasteiger partial charge in [-0.1, -0.05) is 6.42 Å². The zero-order chi connectivity index (χ0) is 13.8. The lowest BCUT2D eigenvalue weighted by atomic mass is 10.00. The predicted octanol–water partition coefficient (Wildman–Crippen LogP) is 2.10. The third kappa shape index (κ3) is 3.73. The smallest absolute Gasteiger partial charge is 0.220 e. The third-order valence-electron chi connectivity index (χ3n) is 3.65. The van der Waals surface area contributed by atoms with E-state index in [1.54, 1.807) is 0 Å². The first-order valence-corrected chi connectivity index (χ1v) is 6.52. The highest BCUT2D eigenvalue weighted by atomic mass is 19.1. The molecule has 5 heteroatoms. The summed E-state index contributed by atoms with van der Waals surface area (Å²) in [6.45, 7) is 0.00435. The van der Waals surface area contributed by atoms with Crippen molar-refractivity contribution in [2.75, 3.05) is 0 Å². The summed E-state index contributed by atoms with van der Waals surface area (Å²) in [7, 11) is 0. The van der Waals surface area contributed by atoms with E-state index in [1.807, 2.05) is 0 Å². The normalized spacial score (nSPS) is 22.5. The SMILES string of the molecule is N[C@@H]1CCC[C@H]1CC(=O)NCc1cc(F)ccc1F. The molecule has 3 nitrogen and oxygen atoms in total. The number of carbonyl (C=O) groups is 1. The van der Waals surface area contributed by atoms with Crippen LogP contribution in [0.1, 0.15) is 31.2 Å². The Morgan fingerprint density at radius 2 is 2.16 bits per heavy atom. The monoisotopic (exact) mass is 268 g/mol. The molecule has 0 spiro atoms. The lowest BCUT2D eigenvalue weighted by molar-refractivity contribution is -0.122. The van der Waals surface area contributed by atoms with Crippen LogP contribution in [0.3, 0.4) is 0 Å². The molecule has 0 radical (unpaired) electrons. The fraction of sp³-hybridized carbons (Fsp3) is 0.500. The second kappa shape index (κ2) is 6.10. The maximum Gasteiger partial charge on any atom is 0.220 e. The van der Waals surface area contributed by atoms with E-state index < -0.39 is 11.6 Å². The van der Waals surface area contributed by atoms with Gasteiger partial charge in [0.25, 0.3) is 0 Å². The van der Waals surface area contributed by atoms with Gasteiger partial charge in [-0.3, -0.25) is 4.79 Å². The van der Waals surface area contributed by atoms with Crippen LogP contribution in [-0.2, 0) is 11.3 Å². The molecule has 104 valence electrons. The van der Waals surface area contributed by atoms with E-state index in [1.165, 1.54) is 0 Å². The molecule has 0 saturated heterocycles. The molecular weight excluding hydrogens is 250 g/mol. The van der Waals surface area contributed by atoms with Crippen LogP contribution >= 0.6 is 0 Å². The van der Waals surface area contributed by atoms with Crippen LogP contribution in [0, 0.1) is 17.6 Å². The number of nitrogens with two attached hydrogens (primary N) is 1. The second-order valence-electron chi connectivity index (χ2n) is 5.07. The van der Waals surface area contributed by atoms with Gasteiger partial charge in [0.2, 0.25) is 5.91 Å². The van der Waals surface area contributed by atoms with E-state index in [9.17, 15) is 13.6 Å². The number of amides is 1. The van der Waals surface area contributed by atoms with Crippen molar-refractivity contribution in [1.82, 2.24) is 5.32 Å². The molecule has 1 aliphatic carbocycles. The first kappa shape index (κ1) is 13.9. The van der Waals surface area contributed by atoms with E-state index in [0.717, 1.165) is 37.5 Å². The lowest BCUT2D eigenvalue weighted by Gasteiger charge is -2.14. The summed E-state index contributed by atoms with van der Waals surface area (Å²) < 4.78 is 26.3. The molecule has 0 heterocycles. The quantitative estimate of drug-likeness (QED) is 0.878. The molecule has 3 N–H and O–H groups in total. The zero-order valence-corrected chi connectivity index (χ0v) is 10.7. The molecule has 2 rings (SSSR count). The first-order valence-electron chi connectivity index (χ1n) is 6.52. The van der Waals surface area contributed by atoms with Gasteiger partial charge in [0.1, 0.15) is 11.6 Å². The van der Waals surface area contributed by atoms with Gasteiger partial charge in [-0.2, -0.15) is 0 Å². The number of hydrogen-bond acceptors (Lipinski definition) is 2. The molecule has 19 heavy (non-hydrogen) atoms. The highest BCUT2D eigenvalue weighted by Gasteiger charge is 2.25. The number of hydrogen-bond donors (Lipinski definition) is 2. The molecule has 1 aromatic rings. The van der Waals surface area contributed by atoms with Gasteiger partial charge in [-0.15, -0.1) is 0 Å². The van der Waals surface area contributed by atoms with Crippen molar-refractivity contribution >= 4 is 5.91 Å². The predicted molar refractivity (Wildman–Crippen MR) is 68.1 cm³/mol. The van der Waals surface area contributed by atoms with Gasteiger partial charge in [-0.05, 0) is 37.0 Å². The van der Waals surface area contributed by atoms with Crippen LogP contribution in [0.4, 0.5) is 8.78 Å². The zero-order valence-electron chi connectivity index (χ0n) is 10.7. The van der Waals surface area contributed by atoms with Gasteiger partial charge in [0, 0.05) is 24.6 Å². The fourth-order valence-electron chi connectivity index (χ4n) is 2.50. The minimum Gasteiger partial charge on any atom is -0.352 e. The molecular formula is C14H18F2N2O. The van der Waals surface area contributed by atoms with Gasteiger partial charge in [-0.25, -0.2) is 8.78 Å². The number of carbonyl (C=O) groups excluding carboxylic acids is 1. The maximum absolute atomic E-state index is 13.3. The molecule has 0 bridgehead atoms. The summed E-state index contributed by atoms with van der Waals surface area (Å²) in [5.74, 6) is -0.980. The Morgan fingerprint density at radius 1 is 1.37 bits per heavy atom. The molecule has 1 amide bonds. The number of halogens is 2. The van der Waals surface area contributed by atoms with Gasteiger partial charge in [0.05, 0.1) is 0 Å². The largest absolute Gasteiger partial charge is 0.352 e. The Labute approximate surface area is 111 Å². The minimum absolute atomic E-state index is 0.00435. The third-order valence-corrected chi connectivity index (χ3v) is 3.65. The van der Waals surface area contributed by atoms with E-state index in [2.05, 4.69) is 5.32 Å². The van der Waals surface area contributed by atoms with E-state index >= 15 is 0 Å². The molecule has 1 aliphatic rings. The average molecular weight is 268 g/mol. The highest BCUT2D eigenvalue weighted by Crippen LogP contribution is 2.26. The number of nitrogens with one attached hydrogen (secondary N) is 1.